The van der Waals surface area contributed by atoms with Gasteiger partial charge in [-0.2, -0.15) is 0 Å². The van der Waals surface area contributed by atoms with Gasteiger partial charge in [0.25, 0.3) is 5.91 Å². The van der Waals surface area contributed by atoms with E-state index < -0.39 is 5.97 Å². The van der Waals surface area contributed by atoms with Gasteiger partial charge in [0, 0.05) is 16.1 Å². The van der Waals surface area contributed by atoms with Gasteiger partial charge in [-0.3, -0.25) is 9.59 Å². The predicted octanol–water partition coefficient (Wildman–Crippen LogP) is 3.48. The monoisotopic (exact) mass is 359 g/mol. The van der Waals surface area contributed by atoms with E-state index >= 15 is 0 Å². The Bertz CT molecular complexity index is 535. The third-order valence-corrected chi connectivity index (χ3v) is 4.77. The highest BCUT2D eigenvalue weighted by molar-refractivity contribution is 9.10. The largest absolute Gasteiger partial charge is 0.481 e. The van der Waals surface area contributed by atoms with Crippen LogP contribution in [0.3, 0.4) is 0 Å². The zero-order valence-corrected chi connectivity index (χ0v) is 13.1. The molecule has 1 aromatic carbocycles. The molecule has 2 rings (SSSR count). The molecular formula is C14H15BrClNO3. The van der Waals surface area contributed by atoms with Crippen molar-refractivity contribution in [2.45, 2.75) is 31.7 Å². The van der Waals surface area contributed by atoms with Crippen molar-refractivity contribution in [3.05, 3.63) is 33.3 Å². The summed E-state index contributed by atoms with van der Waals surface area (Å²) >= 11 is 9.23. The Morgan fingerprint density at radius 3 is 2.75 bits per heavy atom. The molecule has 6 heteroatoms. The van der Waals surface area contributed by atoms with E-state index in [-0.39, 0.29) is 17.9 Å². The van der Waals surface area contributed by atoms with E-state index in [9.17, 15) is 9.59 Å². The number of halogens is 2. The molecule has 1 aliphatic carbocycles. The summed E-state index contributed by atoms with van der Waals surface area (Å²) in [4.78, 5) is 23.1. The van der Waals surface area contributed by atoms with E-state index in [0.29, 0.717) is 23.4 Å². The van der Waals surface area contributed by atoms with Gasteiger partial charge in [0.15, 0.2) is 0 Å². The number of carbonyl (C=O) groups is 2. The lowest BCUT2D eigenvalue weighted by molar-refractivity contribution is -0.143. The van der Waals surface area contributed by atoms with Crippen molar-refractivity contribution in [3.63, 3.8) is 0 Å². The second kappa shape index (κ2) is 6.59. The zero-order chi connectivity index (χ0) is 14.7. The molecule has 0 heterocycles. The third kappa shape index (κ3) is 3.73. The maximum absolute atomic E-state index is 12.1. The Morgan fingerprint density at radius 2 is 2.10 bits per heavy atom. The molecule has 1 amide bonds. The van der Waals surface area contributed by atoms with Crippen LogP contribution >= 0.6 is 27.5 Å². The quantitative estimate of drug-likeness (QED) is 0.867. The molecule has 0 bridgehead atoms. The molecule has 108 valence electrons. The Labute approximate surface area is 130 Å². The number of hydrogen-bond donors (Lipinski definition) is 2. The van der Waals surface area contributed by atoms with Crippen LogP contribution in [0.2, 0.25) is 5.02 Å². The van der Waals surface area contributed by atoms with Crippen LogP contribution < -0.4 is 5.32 Å². The van der Waals surface area contributed by atoms with Crippen LogP contribution in [0.25, 0.3) is 0 Å². The van der Waals surface area contributed by atoms with Gasteiger partial charge in [-0.25, -0.2) is 0 Å². The highest BCUT2D eigenvalue weighted by Crippen LogP contribution is 2.26. The summed E-state index contributed by atoms with van der Waals surface area (Å²) in [5, 5.41) is 12.4. The van der Waals surface area contributed by atoms with Crippen molar-refractivity contribution >= 4 is 39.4 Å². The van der Waals surface area contributed by atoms with Crippen molar-refractivity contribution in [2.75, 3.05) is 0 Å². The van der Waals surface area contributed by atoms with Gasteiger partial charge >= 0.3 is 5.97 Å². The number of carboxylic acids is 1. The summed E-state index contributed by atoms with van der Waals surface area (Å²) in [6.07, 6.45) is 2.82. The van der Waals surface area contributed by atoms with E-state index in [0.717, 1.165) is 17.3 Å². The molecule has 2 unspecified atom stereocenters. The molecule has 2 atom stereocenters. The molecule has 0 aliphatic heterocycles. The van der Waals surface area contributed by atoms with Crippen molar-refractivity contribution in [1.29, 1.82) is 0 Å². The average molecular weight is 361 g/mol. The SMILES string of the molecule is O=C(NC1CCCC(C(=O)O)C1)c1ccc(Br)c(Cl)c1. The number of rotatable bonds is 3. The minimum atomic E-state index is -0.782. The molecule has 2 N–H and O–H groups in total. The number of aliphatic carboxylic acids is 1. The summed E-state index contributed by atoms with van der Waals surface area (Å²) in [6.45, 7) is 0. The first-order valence-corrected chi connectivity index (χ1v) is 7.63. The van der Waals surface area contributed by atoms with E-state index in [1.807, 2.05) is 0 Å². The van der Waals surface area contributed by atoms with Crippen LogP contribution in [0, 0.1) is 5.92 Å². The minimum absolute atomic E-state index is 0.0835. The molecule has 0 radical (unpaired) electrons. The maximum Gasteiger partial charge on any atom is 0.306 e. The fraction of sp³-hybridized carbons (Fsp3) is 0.429. The molecule has 1 saturated carbocycles. The first-order chi connectivity index (χ1) is 9.47. The Balaban J connectivity index is 2.00. The molecule has 20 heavy (non-hydrogen) atoms. The number of benzene rings is 1. The first-order valence-electron chi connectivity index (χ1n) is 6.46. The second-order valence-corrected chi connectivity index (χ2v) is 6.26. The summed E-state index contributed by atoms with van der Waals surface area (Å²) in [5.41, 5.74) is 0.482. The van der Waals surface area contributed by atoms with Gasteiger partial charge in [0.2, 0.25) is 0 Å². The number of hydrogen-bond acceptors (Lipinski definition) is 2. The predicted molar refractivity (Wildman–Crippen MR) is 80.0 cm³/mol. The minimum Gasteiger partial charge on any atom is -0.481 e. The highest BCUT2D eigenvalue weighted by atomic mass is 79.9. The second-order valence-electron chi connectivity index (χ2n) is 5.00. The van der Waals surface area contributed by atoms with Crippen LogP contribution in [-0.2, 0) is 4.79 Å². The Kier molecular flexibility index (Phi) is 5.05. The smallest absolute Gasteiger partial charge is 0.306 e. The average Bonchev–Trinajstić information content (AvgIpc) is 2.42. The van der Waals surface area contributed by atoms with E-state index in [4.69, 9.17) is 16.7 Å². The number of carbonyl (C=O) groups excluding carboxylic acids is 1. The number of amides is 1. The molecule has 1 aromatic rings. The van der Waals surface area contributed by atoms with Gasteiger partial charge in [0.05, 0.1) is 10.9 Å². The van der Waals surface area contributed by atoms with Crippen LogP contribution in [0.4, 0.5) is 0 Å². The molecule has 0 saturated heterocycles. The lowest BCUT2D eigenvalue weighted by Crippen LogP contribution is -2.39. The standard InChI is InChI=1S/C14H15BrClNO3/c15-11-5-4-8(7-12(11)16)13(18)17-10-3-1-2-9(6-10)14(19)20/h4-5,7,9-10H,1-3,6H2,(H,17,18)(H,19,20). The molecule has 0 spiro atoms. The maximum atomic E-state index is 12.1. The summed E-state index contributed by atoms with van der Waals surface area (Å²) < 4.78 is 0.735. The normalized spacial score (nSPS) is 22.3. The Morgan fingerprint density at radius 1 is 1.35 bits per heavy atom. The van der Waals surface area contributed by atoms with Crippen LogP contribution in [-0.4, -0.2) is 23.0 Å². The molecule has 1 aliphatic rings. The first kappa shape index (κ1) is 15.3. The number of nitrogens with one attached hydrogen (secondary N) is 1. The van der Waals surface area contributed by atoms with Crippen molar-refractivity contribution < 1.29 is 14.7 Å². The molecule has 1 fully saturated rings. The van der Waals surface area contributed by atoms with Gasteiger partial charge in [-0.05, 0) is 53.4 Å². The van der Waals surface area contributed by atoms with E-state index in [1.165, 1.54) is 0 Å². The van der Waals surface area contributed by atoms with Crippen molar-refractivity contribution in [3.8, 4) is 0 Å². The van der Waals surface area contributed by atoms with Crippen LogP contribution in [0.5, 0.6) is 0 Å². The van der Waals surface area contributed by atoms with Crippen molar-refractivity contribution in [2.24, 2.45) is 5.92 Å². The van der Waals surface area contributed by atoms with Gasteiger partial charge in [0.1, 0.15) is 0 Å². The Hall–Kier alpha value is -1.07. The van der Waals surface area contributed by atoms with E-state index in [2.05, 4.69) is 21.2 Å². The lowest BCUT2D eigenvalue weighted by Gasteiger charge is -2.27. The van der Waals surface area contributed by atoms with Crippen LogP contribution in [0.15, 0.2) is 22.7 Å². The number of carboxylic acid groups (broad SMARTS) is 1. The summed E-state index contributed by atoms with van der Waals surface area (Å²) in [5.74, 6) is -1.35. The summed E-state index contributed by atoms with van der Waals surface area (Å²) in [6, 6.07) is 4.92. The van der Waals surface area contributed by atoms with Crippen molar-refractivity contribution in [1.82, 2.24) is 5.32 Å². The highest BCUT2D eigenvalue weighted by Gasteiger charge is 2.28. The molecular weight excluding hydrogens is 346 g/mol. The topological polar surface area (TPSA) is 66.4 Å². The van der Waals surface area contributed by atoms with E-state index in [1.54, 1.807) is 18.2 Å². The summed E-state index contributed by atoms with van der Waals surface area (Å²) in [7, 11) is 0. The lowest BCUT2D eigenvalue weighted by atomic mass is 9.85. The fourth-order valence-electron chi connectivity index (χ4n) is 2.45. The van der Waals surface area contributed by atoms with Gasteiger partial charge < -0.3 is 10.4 Å². The molecule has 0 aromatic heterocycles. The fourth-order valence-corrected chi connectivity index (χ4v) is 2.88. The van der Waals surface area contributed by atoms with Gasteiger partial charge in [-0.1, -0.05) is 18.0 Å². The third-order valence-electron chi connectivity index (χ3n) is 3.54. The zero-order valence-electron chi connectivity index (χ0n) is 10.7. The van der Waals surface area contributed by atoms with Gasteiger partial charge in [-0.15, -0.1) is 0 Å². The van der Waals surface area contributed by atoms with Crippen LogP contribution in [0.1, 0.15) is 36.0 Å². The molecule has 4 nitrogen and oxygen atoms in total.